The number of nitrogens with one attached hydrogen (secondary N) is 2. The highest BCUT2D eigenvalue weighted by molar-refractivity contribution is 5.80. The van der Waals surface area contributed by atoms with Gasteiger partial charge in [0.05, 0.1) is 0 Å². The number of rotatable bonds is 11. The summed E-state index contributed by atoms with van der Waals surface area (Å²) in [6.07, 6.45) is 4.04. The highest BCUT2D eigenvalue weighted by Crippen LogP contribution is 2.00. The van der Waals surface area contributed by atoms with Gasteiger partial charge in [-0.2, -0.15) is 0 Å². The van der Waals surface area contributed by atoms with Gasteiger partial charge in [0.1, 0.15) is 0 Å². The summed E-state index contributed by atoms with van der Waals surface area (Å²) in [5.41, 5.74) is 7.72. The molecule has 0 fully saturated rings. The van der Waals surface area contributed by atoms with Crippen molar-refractivity contribution in [2.75, 3.05) is 13.1 Å². The summed E-state index contributed by atoms with van der Waals surface area (Å²) in [5, 5.41) is 5.84. The van der Waals surface area contributed by atoms with Gasteiger partial charge in [-0.25, -0.2) is 0 Å². The number of halogens is 2. The van der Waals surface area contributed by atoms with Crippen molar-refractivity contribution >= 4 is 11.8 Å². The van der Waals surface area contributed by atoms with E-state index in [0.29, 0.717) is 13.1 Å². The summed E-state index contributed by atoms with van der Waals surface area (Å²) in [7, 11) is 0. The molecule has 0 heterocycles. The zero-order valence-corrected chi connectivity index (χ0v) is 17.1. The third-order valence-electron chi connectivity index (χ3n) is 3.99. The van der Waals surface area contributed by atoms with E-state index >= 15 is 0 Å². The van der Waals surface area contributed by atoms with Crippen LogP contribution in [0.5, 0.6) is 0 Å². The molecular formula is C16H36Cl2N4O2. The highest BCUT2D eigenvalue weighted by Gasteiger charge is 2.20. The van der Waals surface area contributed by atoms with Crippen LogP contribution in [0.25, 0.3) is 0 Å². The van der Waals surface area contributed by atoms with E-state index < -0.39 is 0 Å². The second kappa shape index (κ2) is 15.9. The Bertz CT molecular complexity index is 310. The number of hydrogen-bond acceptors (Lipinski definition) is 2. The molecule has 0 aromatic carbocycles. The van der Waals surface area contributed by atoms with Gasteiger partial charge >= 0.3 is 0 Å². The molecule has 146 valence electrons. The molecule has 0 aromatic heterocycles. The van der Waals surface area contributed by atoms with E-state index in [1.165, 1.54) is 0 Å². The Kier molecular flexibility index (Phi) is 18.8. The summed E-state index contributed by atoms with van der Waals surface area (Å²) >= 11 is 0. The van der Waals surface area contributed by atoms with Crippen LogP contribution in [0.1, 0.15) is 53.4 Å². The van der Waals surface area contributed by atoms with Crippen molar-refractivity contribution in [3.05, 3.63) is 0 Å². The van der Waals surface area contributed by atoms with Crippen LogP contribution in [0.2, 0.25) is 0 Å². The van der Waals surface area contributed by atoms with E-state index in [-0.39, 0.29) is 60.5 Å². The Labute approximate surface area is 159 Å². The molecule has 0 saturated heterocycles. The summed E-state index contributed by atoms with van der Waals surface area (Å²) in [6.45, 7) is 9.42. The van der Waals surface area contributed by atoms with Gasteiger partial charge in [-0.3, -0.25) is 9.59 Å². The maximum atomic E-state index is 11.7. The molecule has 8 heteroatoms. The first kappa shape index (κ1) is 28.3. The fraction of sp³-hybridized carbons (Fsp3) is 0.875. The molecule has 0 aliphatic rings. The average Bonchev–Trinajstić information content (AvgIpc) is 2.47. The molecule has 0 spiro atoms. The Balaban J connectivity index is -0.00000220. The van der Waals surface area contributed by atoms with Crippen LogP contribution < -0.4 is 46.9 Å². The van der Waals surface area contributed by atoms with Gasteiger partial charge in [0.2, 0.25) is 0 Å². The molecule has 2 amide bonds. The summed E-state index contributed by atoms with van der Waals surface area (Å²) in [5.74, 6) is 0.618. The maximum Gasteiger partial charge on any atom is 0.278 e. The third kappa shape index (κ3) is 12.8. The minimum atomic E-state index is -0.174. The second-order valence-electron chi connectivity index (χ2n) is 6.70. The van der Waals surface area contributed by atoms with Crippen molar-refractivity contribution in [3.8, 4) is 0 Å². The van der Waals surface area contributed by atoms with Crippen molar-refractivity contribution in [1.82, 2.24) is 10.6 Å². The van der Waals surface area contributed by atoms with Crippen molar-refractivity contribution in [2.45, 2.75) is 65.5 Å². The SMILES string of the molecule is CC(C)[C@H]([NH3+])C(=O)NCCCCCCNC(=O)[C@@H]([NH3+])C(C)C.[Cl-].[Cl-]. The number of quaternary nitrogens is 2. The second-order valence-corrected chi connectivity index (χ2v) is 6.70. The molecular weight excluding hydrogens is 351 g/mol. The average molecular weight is 387 g/mol. The molecule has 0 rings (SSSR count). The van der Waals surface area contributed by atoms with E-state index in [0.717, 1.165) is 25.7 Å². The molecule has 0 aromatic rings. The van der Waals surface area contributed by atoms with Crippen LogP contribution in [0, 0.1) is 11.8 Å². The number of carbonyl (C=O) groups excluding carboxylic acids is 2. The van der Waals surface area contributed by atoms with E-state index in [9.17, 15) is 9.59 Å². The summed E-state index contributed by atoms with van der Waals surface area (Å²) in [6, 6.07) is -0.349. The van der Waals surface area contributed by atoms with Crippen LogP contribution in [0.3, 0.4) is 0 Å². The van der Waals surface area contributed by atoms with Crippen molar-refractivity contribution in [3.63, 3.8) is 0 Å². The van der Waals surface area contributed by atoms with Gasteiger partial charge in [0, 0.05) is 24.9 Å². The standard InChI is InChI=1S/C16H34N4O2.2ClH/c1-11(2)13(17)15(21)19-9-7-5-6-8-10-20-16(22)14(18)12(3)4;;/h11-14H,5-10,17-18H2,1-4H3,(H,19,21)(H,20,22);2*1H/t13-,14-;;/m0../s1. The molecule has 2 atom stereocenters. The summed E-state index contributed by atoms with van der Waals surface area (Å²) in [4.78, 5) is 23.4. The lowest BCUT2D eigenvalue weighted by atomic mass is 10.0. The van der Waals surface area contributed by atoms with Crippen molar-refractivity contribution in [2.24, 2.45) is 11.8 Å². The normalized spacial score (nSPS) is 12.8. The zero-order valence-electron chi connectivity index (χ0n) is 15.5. The van der Waals surface area contributed by atoms with Gasteiger partial charge in [-0.05, 0) is 12.8 Å². The smallest absolute Gasteiger partial charge is 0.278 e. The van der Waals surface area contributed by atoms with Crippen molar-refractivity contribution < 1.29 is 45.9 Å². The topological polar surface area (TPSA) is 113 Å². The Hall–Kier alpha value is -0.560. The quantitative estimate of drug-likeness (QED) is 0.264. The van der Waals surface area contributed by atoms with Gasteiger partial charge in [-0.1, -0.05) is 40.5 Å². The van der Waals surface area contributed by atoms with Gasteiger partial charge in [0.15, 0.2) is 12.1 Å². The van der Waals surface area contributed by atoms with Crippen LogP contribution in [-0.4, -0.2) is 37.0 Å². The Morgan fingerprint density at radius 2 is 1.00 bits per heavy atom. The fourth-order valence-electron chi connectivity index (χ4n) is 1.89. The molecule has 0 radical (unpaired) electrons. The largest absolute Gasteiger partial charge is 1.00 e. The predicted octanol–water partition coefficient (Wildman–Crippen LogP) is -6.68. The Morgan fingerprint density at radius 3 is 1.25 bits per heavy atom. The van der Waals surface area contributed by atoms with Crippen LogP contribution in [0.4, 0.5) is 0 Å². The van der Waals surface area contributed by atoms with Crippen LogP contribution >= 0.6 is 0 Å². The third-order valence-corrected chi connectivity index (χ3v) is 3.99. The molecule has 0 saturated carbocycles. The first-order chi connectivity index (χ1) is 10.3. The van der Waals surface area contributed by atoms with E-state index in [1.54, 1.807) is 0 Å². The van der Waals surface area contributed by atoms with Gasteiger partial charge in [0.25, 0.3) is 11.8 Å². The van der Waals surface area contributed by atoms with Crippen molar-refractivity contribution in [1.29, 1.82) is 0 Å². The maximum absolute atomic E-state index is 11.7. The Morgan fingerprint density at radius 1 is 0.708 bits per heavy atom. The number of hydrogen-bond donors (Lipinski definition) is 4. The number of amides is 2. The van der Waals surface area contributed by atoms with E-state index in [2.05, 4.69) is 22.1 Å². The molecule has 0 aliphatic heterocycles. The minimum absolute atomic E-state index is 0. The molecule has 6 nitrogen and oxygen atoms in total. The molecule has 0 unspecified atom stereocenters. The molecule has 24 heavy (non-hydrogen) atoms. The predicted molar refractivity (Wildman–Crippen MR) is 87.5 cm³/mol. The molecule has 8 N–H and O–H groups in total. The lowest BCUT2D eigenvalue weighted by Gasteiger charge is -2.13. The van der Waals surface area contributed by atoms with Gasteiger partial charge < -0.3 is 46.9 Å². The number of carbonyl (C=O) groups is 2. The zero-order chi connectivity index (χ0) is 17.1. The number of unbranched alkanes of at least 4 members (excludes halogenated alkanes) is 3. The van der Waals surface area contributed by atoms with E-state index in [1.807, 2.05) is 27.7 Å². The van der Waals surface area contributed by atoms with Crippen LogP contribution in [-0.2, 0) is 9.59 Å². The molecule has 0 bridgehead atoms. The lowest BCUT2D eigenvalue weighted by Crippen LogP contribution is -3.00. The minimum Gasteiger partial charge on any atom is -1.00 e. The fourth-order valence-corrected chi connectivity index (χ4v) is 1.89. The van der Waals surface area contributed by atoms with Crippen LogP contribution in [0.15, 0.2) is 0 Å². The van der Waals surface area contributed by atoms with E-state index in [4.69, 9.17) is 0 Å². The first-order valence-electron chi connectivity index (χ1n) is 8.49. The van der Waals surface area contributed by atoms with Gasteiger partial charge in [-0.15, -0.1) is 0 Å². The highest BCUT2D eigenvalue weighted by atomic mass is 35.5. The monoisotopic (exact) mass is 386 g/mol. The molecule has 0 aliphatic carbocycles. The summed E-state index contributed by atoms with van der Waals surface area (Å²) < 4.78 is 0. The first-order valence-corrected chi connectivity index (χ1v) is 8.49. The lowest BCUT2D eigenvalue weighted by molar-refractivity contribution is -0.414.